The second-order valence-corrected chi connectivity index (χ2v) is 10.6. The number of hydrogen-bond acceptors (Lipinski definition) is 9. The number of rotatable bonds is 7. The summed E-state index contributed by atoms with van der Waals surface area (Å²) in [7, 11) is 1.66. The van der Waals surface area contributed by atoms with E-state index < -0.39 is 6.04 Å². The molecule has 2 fully saturated rings. The maximum atomic E-state index is 13.2. The van der Waals surface area contributed by atoms with Gasteiger partial charge in [0.2, 0.25) is 11.9 Å². The molecule has 4 heterocycles. The van der Waals surface area contributed by atoms with Gasteiger partial charge >= 0.3 is 0 Å². The minimum Gasteiger partial charge on any atom is -0.380 e. The highest BCUT2D eigenvalue weighted by molar-refractivity contribution is 7.19. The summed E-state index contributed by atoms with van der Waals surface area (Å²) < 4.78 is 6.13. The van der Waals surface area contributed by atoms with E-state index in [9.17, 15) is 4.79 Å². The summed E-state index contributed by atoms with van der Waals surface area (Å²) in [4.78, 5) is 29.0. The second kappa shape index (κ2) is 8.79. The quantitative estimate of drug-likeness (QED) is 0.449. The molecule has 0 radical (unpaired) electrons. The van der Waals surface area contributed by atoms with E-state index in [-0.39, 0.29) is 12.0 Å². The topological polar surface area (TPSA) is 121 Å². The monoisotopic (exact) mass is 500 g/mol. The summed E-state index contributed by atoms with van der Waals surface area (Å²) in [6, 6.07) is 1.58. The van der Waals surface area contributed by atoms with E-state index >= 15 is 0 Å². The number of halogens is 1. The Labute approximate surface area is 205 Å². The van der Waals surface area contributed by atoms with Crippen LogP contribution in [0.2, 0.25) is 4.34 Å². The molecule has 0 bridgehead atoms. The van der Waals surface area contributed by atoms with Gasteiger partial charge in [-0.05, 0) is 32.1 Å². The number of aromatic nitrogens is 5. The summed E-state index contributed by atoms with van der Waals surface area (Å²) in [6.07, 6.45) is 7.23. The Morgan fingerprint density at radius 1 is 1.32 bits per heavy atom. The highest BCUT2D eigenvalue weighted by Gasteiger charge is 2.39. The van der Waals surface area contributed by atoms with Crippen LogP contribution in [0.4, 0.5) is 22.7 Å². The number of nitrogens with one attached hydrogen (secondary N) is 3. The van der Waals surface area contributed by atoms with Crippen LogP contribution in [0.25, 0.3) is 0 Å². The maximum Gasteiger partial charge on any atom is 0.249 e. The third-order valence-corrected chi connectivity index (χ3v) is 7.68. The van der Waals surface area contributed by atoms with Crippen LogP contribution in [-0.2, 0) is 22.4 Å². The molecule has 0 unspecified atom stereocenters. The summed E-state index contributed by atoms with van der Waals surface area (Å²) in [5, 5.41) is 14.3. The Balaban J connectivity index is 1.29. The number of methoxy groups -OCH3 is 1. The largest absolute Gasteiger partial charge is 0.380 e. The number of anilines is 4. The van der Waals surface area contributed by atoms with Crippen molar-refractivity contribution in [1.29, 1.82) is 0 Å². The van der Waals surface area contributed by atoms with Crippen molar-refractivity contribution >= 4 is 51.6 Å². The van der Waals surface area contributed by atoms with Crippen LogP contribution < -0.4 is 15.5 Å². The SMILES string of the molecule is CO[C@@H]1C[C@@H](C(=O)Nc2ncc(Cl)s2)N(c2nc3c(c(Nc4cc(C5CC5)[nH]n4)n2)CCC3)C1. The van der Waals surface area contributed by atoms with E-state index in [0.717, 1.165) is 47.8 Å². The highest BCUT2D eigenvalue weighted by Crippen LogP contribution is 2.40. The Hall–Kier alpha value is -2.76. The Morgan fingerprint density at radius 3 is 2.97 bits per heavy atom. The van der Waals surface area contributed by atoms with Crippen molar-refractivity contribution in [3.8, 4) is 0 Å². The lowest BCUT2D eigenvalue weighted by atomic mass is 10.2. The van der Waals surface area contributed by atoms with Crippen molar-refractivity contribution < 1.29 is 9.53 Å². The first-order valence-electron chi connectivity index (χ1n) is 11.5. The van der Waals surface area contributed by atoms with Gasteiger partial charge in [-0.15, -0.1) is 0 Å². The van der Waals surface area contributed by atoms with Crippen molar-refractivity contribution in [2.75, 3.05) is 29.2 Å². The fourth-order valence-corrected chi connectivity index (χ4v) is 5.53. The molecule has 0 aromatic carbocycles. The van der Waals surface area contributed by atoms with Crippen molar-refractivity contribution in [1.82, 2.24) is 25.1 Å². The van der Waals surface area contributed by atoms with Gasteiger partial charge < -0.3 is 20.3 Å². The first-order valence-corrected chi connectivity index (χ1v) is 12.7. The third kappa shape index (κ3) is 4.23. The first-order chi connectivity index (χ1) is 16.6. The Morgan fingerprint density at radius 2 is 2.21 bits per heavy atom. The lowest BCUT2D eigenvalue weighted by Gasteiger charge is -2.24. The molecule has 3 aromatic heterocycles. The van der Waals surface area contributed by atoms with Gasteiger partial charge in [0.1, 0.15) is 16.2 Å². The molecule has 178 valence electrons. The molecule has 6 rings (SSSR count). The minimum absolute atomic E-state index is 0.101. The predicted octanol–water partition coefficient (Wildman–Crippen LogP) is 3.65. The average Bonchev–Trinajstić information content (AvgIpc) is 3.23. The number of carbonyl (C=O) groups excluding carboxylic acids is 1. The van der Waals surface area contributed by atoms with Crippen LogP contribution >= 0.6 is 22.9 Å². The van der Waals surface area contributed by atoms with E-state index in [1.807, 2.05) is 4.90 Å². The number of H-pyrrole nitrogens is 1. The van der Waals surface area contributed by atoms with Gasteiger partial charge in [-0.2, -0.15) is 10.1 Å². The molecular weight excluding hydrogens is 476 g/mol. The van der Waals surface area contributed by atoms with Gasteiger partial charge in [-0.1, -0.05) is 22.9 Å². The predicted molar refractivity (Wildman–Crippen MR) is 130 cm³/mol. The summed E-state index contributed by atoms with van der Waals surface area (Å²) in [6.45, 7) is 0.527. The zero-order valence-electron chi connectivity index (χ0n) is 18.7. The molecule has 12 heteroatoms. The molecule has 3 aromatic rings. The van der Waals surface area contributed by atoms with Crippen LogP contribution in [0.3, 0.4) is 0 Å². The van der Waals surface area contributed by atoms with E-state index in [1.165, 1.54) is 30.4 Å². The number of nitrogens with zero attached hydrogens (tertiary/aromatic N) is 5. The van der Waals surface area contributed by atoms with Crippen molar-refractivity contribution in [3.05, 3.63) is 33.6 Å². The van der Waals surface area contributed by atoms with E-state index in [2.05, 4.69) is 31.9 Å². The smallest absolute Gasteiger partial charge is 0.249 e. The second-order valence-electron chi connectivity index (χ2n) is 8.98. The lowest BCUT2D eigenvalue weighted by molar-refractivity contribution is -0.117. The standard InChI is InChI=1S/C22H25ClN8O2S/c1-33-12-7-16(20(32)28-22-24-9-17(23)34-22)31(10-12)21-25-14-4-2-3-13(14)19(27-21)26-18-8-15(29-30-18)11-5-6-11/h8-9,11-12,16H,2-7,10H2,1H3,(H,24,28,32)(H2,25,26,27,29,30)/t12-,16+/m1/s1. The van der Waals surface area contributed by atoms with E-state index in [1.54, 1.807) is 7.11 Å². The third-order valence-electron chi connectivity index (χ3n) is 6.65. The number of aryl methyl sites for hydroxylation is 1. The van der Waals surface area contributed by atoms with Gasteiger partial charge in [0.15, 0.2) is 10.9 Å². The van der Waals surface area contributed by atoms with E-state index in [0.29, 0.717) is 34.3 Å². The van der Waals surface area contributed by atoms with Crippen molar-refractivity contribution in [2.45, 2.75) is 56.6 Å². The molecule has 1 amide bonds. The molecular formula is C22H25ClN8O2S. The number of fused-ring (bicyclic) bond motifs is 1. The van der Waals surface area contributed by atoms with Gasteiger partial charge in [-0.3, -0.25) is 9.89 Å². The molecule has 3 N–H and O–H groups in total. The lowest BCUT2D eigenvalue weighted by Crippen LogP contribution is -2.40. The minimum atomic E-state index is -0.480. The average molecular weight is 501 g/mol. The van der Waals surface area contributed by atoms with Crippen LogP contribution in [0.1, 0.15) is 48.6 Å². The molecule has 3 aliphatic rings. The molecule has 2 atom stereocenters. The van der Waals surface area contributed by atoms with Crippen LogP contribution in [0.15, 0.2) is 12.3 Å². The molecule has 0 spiro atoms. The van der Waals surface area contributed by atoms with Crippen molar-refractivity contribution in [3.63, 3.8) is 0 Å². The number of amides is 1. The molecule has 34 heavy (non-hydrogen) atoms. The van der Waals surface area contributed by atoms with Gasteiger partial charge in [-0.25, -0.2) is 9.97 Å². The Kier molecular flexibility index (Phi) is 5.62. The summed E-state index contributed by atoms with van der Waals surface area (Å²) >= 11 is 7.20. The molecule has 2 aliphatic carbocycles. The number of aromatic amines is 1. The van der Waals surface area contributed by atoms with Gasteiger partial charge in [0.25, 0.3) is 0 Å². The molecule has 1 saturated carbocycles. The molecule has 10 nitrogen and oxygen atoms in total. The zero-order valence-corrected chi connectivity index (χ0v) is 20.2. The molecule has 1 aliphatic heterocycles. The summed E-state index contributed by atoms with van der Waals surface area (Å²) in [5.41, 5.74) is 3.31. The van der Waals surface area contributed by atoms with E-state index in [4.69, 9.17) is 26.3 Å². The number of ether oxygens (including phenoxy) is 1. The Bertz CT molecular complexity index is 1230. The first kappa shape index (κ1) is 21.8. The van der Waals surface area contributed by atoms with Gasteiger partial charge in [0.05, 0.1) is 18.0 Å². The van der Waals surface area contributed by atoms with Crippen LogP contribution in [0, 0.1) is 0 Å². The normalized spacial score (nSPS) is 21.6. The summed E-state index contributed by atoms with van der Waals surface area (Å²) in [5.74, 6) is 2.46. The highest BCUT2D eigenvalue weighted by atomic mass is 35.5. The molecule has 1 saturated heterocycles. The fourth-order valence-electron chi connectivity index (χ4n) is 4.72. The van der Waals surface area contributed by atoms with Crippen molar-refractivity contribution in [2.24, 2.45) is 0 Å². The number of thiazole rings is 1. The van der Waals surface area contributed by atoms with Crippen LogP contribution in [-0.4, -0.2) is 56.9 Å². The fraction of sp³-hybridized carbons (Fsp3) is 0.500. The zero-order chi connectivity index (χ0) is 23.2. The maximum absolute atomic E-state index is 13.2. The van der Waals surface area contributed by atoms with Gasteiger partial charge in [0, 0.05) is 43.3 Å². The number of hydrogen-bond donors (Lipinski definition) is 3. The number of carbonyl (C=O) groups is 1. The van der Waals surface area contributed by atoms with Crippen LogP contribution in [0.5, 0.6) is 0 Å².